The first kappa shape index (κ1) is 65.6. The van der Waals surface area contributed by atoms with Crippen LogP contribution in [0.2, 0.25) is 0 Å². The summed E-state index contributed by atoms with van der Waals surface area (Å²) in [5.74, 6) is 0. The third-order valence-corrected chi connectivity index (χ3v) is 22.6. The minimum atomic E-state index is -0.698. The van der Waals surface area contributed by atoms with Gasteiger partial charge < -0.3 is 20.2 Å². The fourth-order valence-corrected chi connectivity index (χ4v) is 18.2. The van der Waals surface area contributed by atoms with Crippen molar-refractivity contribution in [1.82, 2.24) is 4.90 Å². The molecule has 0 saturated carbocycles. The van der Waals surface area contributed by atoms with Gasteiger partial charge in [-0.1, -0.05) is 263 Å². The Balaban J connectivity index is 0.000000722. The molecular formula is C64H69Cl4N3OP4Pt2. The van der Waals surface area contributed by atoms with Crippen molar-refractivity contribution >= 4 is 123 Å². The number of anilines is 2. The number of hydrogen-bond acceptors (Lipinski definition) is 3. The molecule has 0 amide bonds. The molecule has 0 aromatic heterocycles. The number of halogens is 4. The molecular weight excluding hydrogens is 1480 g/mol. The van der Waals surface area contributed by atoms with Gasteiger partial charge in [0, 0.05) is 36.5 Å². The summed E-state index contributed by atoms with van der Waals surface area (Å²) >= 11 is -0.944. The van der Waals surface area contributed by atoms with E-state index < -0.39 is 64.6 Å². The van der Waals surface area contributed by atoms with Crippen molar-refractivity contribution < 1.29 is 38.4 Å². The van der Waals surface area contributed by atoms with E-state index in [1.807, 2.05) is 0 Å². The molecule has 0 saturated heterocycles. The summed E-state index contributed by atoms with van der Waals surface area (Å²) in [6.07, 6.45) is 3.63. The summed E-state index contributed by atoms with van der Waals surface area (Å²) in [4.78, 5) is 7.78. The Bertz CT molecular complexity index is 2380. The molecule has 0 radical (unpaired) electrons. The molecule has 9 aromatic carbocycles. The van der Waals surface area contributed by atoms with Gasteiger partial charge in [-0.05, 0) is 118 Å². The number of nitrogens with zero attached hydrogens (tertiary/aromatic N) is 3. The van der Waals surface area contributed by atoms with Crippen LogP contribution in [0, 0.1) is 0 Å². The van der Waals surface area contributed by atoms with Gasteiger partial charge in [0.1, 0.15) is 0 Å². The van der Waals surface area contributed by atoms with Gasteiger partial charge in [-0.2, -0.15) is 0 Å². The maximum absolute atomic E-state index is 4.88. The van der Waals surface area contributed by atoms with Gasteiger partial charge in [-0.15, -0.1) is 0 Å². The monoisotopic (exact) mass is 1550 g/mol. The van der Waals surface area contributed by atoms with Crippen LogP contribution in [0.3, 0.4) is 0 Å². The van der Waals surface area contributed by atoms with Crippen molar-refractivity contribution in [1.29, 1.82) is 0 Å². The topological polar surface area (TPSA) is 41.2 Å². The Morgan fingerprint density at radius 1 is 0.269 bits per heavy atom. The smallest absolute Gasteiger partial charge is 0.0463 e. The molecule has 9 rings (SSSR count). The largest absolute Gasteiger partial charge is 0.362 e. The van der Waals surface area contributed by atoms with Crippen molar-refractivity contribution in [3.8, 4) is 0 Å². The summed E-state index contributed by atoms with van der Waals surface area (Å²) in [6.45, 7) is 10.1. The first-order chi connectivity index (χ1) is 37.9. The third-order valence-electron chi connectivity index (χ3n) is 12.7. The zero-order valence-corrected chi connectivity index (χ0v) is 55.3. The van der Waals surface area contributed by atoms with Crippen LogP contribution in [0.25, 0.3) is 0 Å². The number of hydrogen-bond donors (Lipinski definition) is 0. The zero-order chi connectivity index (χ0) is 54.3. The predicted octanol–water partition coefficient (Wildman–Crippen LogP) is 14.9. The van der Waals surface area contributed by atoms with E-state index in [2.05, 4.69) is 302 Å². The standard InChI is InChI=1S/C58H52N2P4.C6H15N.4ClH.H2O.2Pt/c1-9-25-51(26-10-1)61(52-27-11-2-12-28-52)45-59(46-62(53-29-13-3-14-30-53)54-31-15-4-16-32-54)49-41-43-50(44-42-49)60(47-63(55-33-17-5-18-34-55)56-35-19-6-20-36-56)48-64(57-37-21-7-22-38-57)58-39-23-8-24-40-58;1-4-7(5-2)6-3;;;;;;;/h1-44H,45-48H2;4-6H2,1-3H3;4*1H;1H2;;/q;;;;;;;2*+2/p-4. The molecule has 0 atom stereocenters. The Labute approximate surface area is 504 Å². The molecule has 0 aliphatic heterocycles. The van der Waals surface area contributed by atoms with Gasteiger partial charge >= 0.3 is 70.6 Å². The van der Waals surface area contributed by atoms with Crippen molar-refractivity contribution in [3.05, 3.63) is 267 Å². The van der Waals surface area contributed by atoms with Crippen LogP contribution in [0.15, 0.2) is 267 Å². The van der Waals surface area contributed by atoms with Crippen LogP contribution in [0.4, 0.5) is 11.4 Å². The Morgan fingerprint density at radius 2 is 0.410 bits per heavy atom. The summed E-state index contributed by atoms with van der Waals surface area (Å²) in [7, 11) is 16.7. The average Bonchev–Trinajstić information content (AvgIpc) is 3.51. The van der Waals surface area contributed by atoms with Gasteiger partial charge in [-0.3, -0.25) is 0 Å². The molecule has 4 nitrogen and oxygen atoms in total. The molecule has 0 aliphatic rings. The normalized spacial score (nSPS) is 10.8. The molecule has 0 unspecified atom stereocenters. The van der Waals surface area contributed by atoms with E-state index >= 15 is 0 Å². The van der Waals surface area contributed by atoms with Crippen molar-refractivity contribution in [2.75, 3.05) is 54.6 Å². The third kappa shape index (κ3) is 21.3. The van der Waals surface area contributed by atoms with Crippen LogP contribution in [0.1, 0.15) is 20.8 Å². The molecule has 0 spiro atoms. The molecule has 414 valence electrons. The van der Waals surface area contributed by atoms with E-state index in [0.29, 0.717) is 0 Å². The van der Waals surface area contributed by atoms with Crippen LogP contribution in [0.5, 0.6) is 0 Å². The summed E-state index contributed by atoms with van der Waals surface area (Å²) < 4.78 is 0. The van der Waals surface area contributed by atoms with Crippen molar-refractivity contribution in [2.24, 2.45) is 0 Å². The van der Waals surface area contributed by atoms with Gasteiger partial charge in [0.15, 0.2) is 0 Å². The summed E-state index contributed by atoms with van der Waals surface area (Å²) in [6, 6.07) is 99.1. The fraction of sp³-hybridized carbons (Fsp3) is 0.156. The molecule has 2 N–H and O–H groups in total. The molecule has 0 bridgehead atoms. The van der Waals surface area contributed by atoms with E-state index in [0.717, 1.165) is 25.1 Å². The van der Waals surface area contributed by atoms with Gasteiger partial charge in [-0.25, -0.2) is 0 Å². The second kappa shape index (κ2) is 38.5. The first-order valence-electron chi connectivity index (χ1n) is 25.4. The second-order valence-electron chi connectivity index (χ2n) is 17.3. The van der Waals surface area contributed by atoms with E-state index in [1.54, 1.807) is 0 Å². The maximum Gasteiger partial charge on any atom is 0.0463 e. The van der Waals surface area contributed by atoms with E-state index in [1.165, 1.54) is 73.4 Å². The van der Waals surface area contributed by atoms with E-state index in [9.17, 15) is 0 Å². The molecule has 0 heterocycles. The van der Waals surface area contributed by atoms with Crippen molar-refractivity contribution in [3.63, 3.8) is 0 Å². The van der Waals surface area contributed by atoms with E-state index in [-0.39, 0.29) is 5.48 Å². The van der Waals surface area contributed by atoms with Gasteiger partial charge in [0.2, 0.25) is 0 Å². The summed E-state index contributed by atoms with van der Waals surface area (Å²) in [5.41, 5.74) is 2.51. The quantitative estimate of drug-likeness (QED) is 0.0673. The van der Waals surface area contributed by atoms with Crippen LogP contribution in [-0.2, 0) is 33.0 Å². The Hall–Kier alpha value is -3.24. The maximum atomic E-state index is 4.88. The minimum Gasteiger partial charge on any atom is -0.362 e. The van der Waals surface area contributed by atoms with Crippen LogP contribution < -0.4 is 52.2 Å². The Kier molecular flexibility index (Phi) is 32.3. The molecule has 0 fully saturated rings. The van der Waals surface area contributed by atoms with Gasteiger partial charge in [0.05, 0.1) is 0 Å². The van der Waals surface area contributed by atoms with Crippen LogP contribution in [-0.4, -0.2) is 55.2 Å². The zero-order valence-electron chi connectivity index (χ0n) is 44.1. The van der Waals surface area contributed by atoms with Crippen molar-refractivity contribution in [2.45, 2.75) is 20.8 Å². The summed E-state index contributed by atoms with van der Waals surface area (Å²) in [5, 5.41) is 11.2. The molecule has 78 heavy (non-hydrogen) atoms. The Morgan fingerprint density at radius 3 is 0.526 bits per heavy atom. The first-order valence-corrected chi connectivity index (χ1v) is 42.8. The predicted molar refractivity (Wildman–Crippen MR) is 348 cm³/mol. The average molecular weight is 1550 g/mol. The molecule has 9 aromatic rings. The number of rotatable bonds is 21. The SMILES string of the molecule is CCN(CC)CC.O.[Cl][Pt][Cl].[Cl][Pt][Cl].c1ccc(P(CN(CP(c2ccccc2)c2ccccc2)c2ccc(N(CP(c3ccccc3)c3ccccc3)CP(c3ccccc3)c3ccccc3)cc2)c2ccccc2)cc1. The molecule has 0 aliphatic carbocycles. The second-order valence-corrected chi connectivity index (χ2v) is 32.5. The number of benzene rings is 9. The minimum absolute atomic E-state index is 0. The van der Waals surface area contributed by atoms with Gasteiger partial charge in [0.25, 0.3) is 0 Å². The molecule has 14 heteroatoms. The van der Waals surface area contributed by atoms with E-state index in [4.69, 9.17) is 37.7 Å². The van der Waals surface area contributed by atoms with Crippen LogP contribution >= 0.6 is 69.4 Å². The fourth-order valence-electron chi connectivity index (χ4n) is 8.76.